The molecule has 0 aliphatic rings. The maximum absolute atomic E-state index is 12.6. The first-order chi connectivity index (χ1) is 10.5. The van der Waals surface area contributed by atoms with Crippen molar-refractivity contribution in [3.05, 3.63) is 35.9 Å². The number of hydrogen-bond donors (Lipinski definition) is 0. The van der Waals surface area contributed by atoms with Gasteiger partial charge < -0.3 is 9.80 Å². The Kier molecular flexibility index (Phi) is 7.64. The second-order valence-electron chi connectivity index (χ2n) is 5.80. The van der Waals surface area contributed by atoms with E-state index in [2.05, 4.69) is 0 Å². The van der Waals surface area contributed by atoms with E-state index in [1.807, 2.05) is 58.0 Å². The van der Waals surface area contributed by atoms with Gasteiger partial charge in [-0.2, -0.15) is 0 Å². The second kappa shape index (κ2) is 9.23. The predicted molar refractivity (Wildman–Crippen MR) is 89.3 cm³/mol. The third kappa shape index (κ3) is 5.17. The Morgan fingerprint density at radius 2 is 1.50 bits per heavy atom. The summed E-state index contributed by atoms with van der Waals surface area (Å²) >= 11 is 0. The lowest BCUT2D eigenvalue weighted by Crippen LogP contribution is -2.48. The number of carbonyl (C=O) groups excluding carboxylic acids is 2. The molecule has 0 saturated carbocycles. The van der Waals surface area contributed by atoms with Gasteiger partial charge in [0.15, 0.2) is 0 Å². The van der Waals surface area contributed by atoms with E-state index in [4.69, 9.17) is 0 Å². The van der Waals surface area contributed by atoms with Gasteiger partial charge in [-0.05, 0) is 32.3 Å². The van der Waals surface area contributed by atoms with E-state index in [-0.39, 0.29) is 11.9 Å². The van der Waals surface area contributed by atoms with Gasteiger partial charge in [-0.25, -0.2) is 0 Å². The van der Waals surface area contributed by atoms with Gasteiger partial charge in [-0.3, -0.25) is 9.59 Å². The van der Waals surface area contributed by atoms with Crippen molar-refractivity contribution in [1.82, 2.24) is 9.80 Å². The lowest BCUT2D eigenvalue weighted by molar-refractivity contribution is -0.153. The molecule has 4 heteroatoms. The van der Waals surface area contributed by atoms with Gasteiger partial charge in [0.2, 0.25) is 0 Å². The molecule has 1 aromatic rings. The van der Waals surface area contributed by atoms with Gasteiger partial charge >= 0.3 is 11.8 Å². The minimum absolute atomic E-state index is 0.0123. The van der Waals surface area contributed by atoms with E-state index >= 15 is 0 Å². The Balaban J connectivity index is 2.85. The molecule has 0 aromatic heterocycles. The second-order valence-corrected chi connectivity index (χ2v) is 5.80. The van der Waals surface area contributed by atoms with Crippen molar-refractivity contribution in [2.75, 3.05) is 13.1 Å². The highest BCUT2D eigenvalue weighted by atomic mass is 16.2. The average molecular weight is 304 g/mol. The van der Waals surface area contributed by atoms with Gasteiger partial charge in [0.05, 0.1) is 0 Å². The highest BCUT2D eigenvalue weighted by molar-refractivity contribution is 6.34. The van der Waals surface area contributed by atoms with Crippen molar-refractivity contribution in [3.8, 4) is 0 Å². The molecule has 2 amide bonds. The van der Waals surface area contributed by atoms with Crippen LogP contribution in [0.2, 0.25) is 0 Å². The van der Waals surface area contributed by atoms with Gasteiger partial charge in [-0.15, -0.1) is 0 Å². The minimum atomic E-state index is -0.402. The zero-order valence-electron chi connectivity index (χ0n) is 14.2. The highest BCUT2D eigenvalue weighted by Crippen LogP contribution is 2.10. The average Bonchev–Trinajstić information content (AvgIpc) is 2.51. The van der Waals surface area contributed by atoms with Crippen LogP contribution in [-0.4, -0.2) is 40.7 Å². The number of benzene rings is 1. The minimum Gasteiger partial charge on any atom is -0.334 e. The third-order valence-electron chi connectivity index (χ3n) is 3.54. The number of amides is 2. The Hall–Kier alpha value is -1.84. The van der Waals surface area contributed by atoms with E-state index in [1.165, 1.54) is 0 Å². The van der Waals surface area contributed by atoms with Gasteiger partial charge in [0.1, 0.15) is 0 Å². The van der Waals surface area contributed by atoms with Crippen molar-refractivity contribution in [2.45, 2.75) is 53.1 Å². The van der Waals surface area contributed by atoms with Crippen molar-refractivity contribution in [1.29, 1.82) is 0 Å². The highest BCUT2D eigenvalue weighted by Gasteiger charge is 2.28. The summed E-state index contributed by atoms with van der Waals surface area (Å²) in [5.74, 6) is -0.783. The molecule has 0 aliphatic carbocycles. The molecule has 0 fully saturated rings. The smallest absolute Gasteiger partial charge is 0.312 e. The summed E-state index contributed by atoms with van der Waals surface area (Å²) in [4.78, 5) is 28.4. The van der Waals surface area contributed by atoms with Crippen LogP contribution in [0.1, 0.15) is 46.1 Å². The van der Waals surface area contributed by atoms with Crippen LogP contribution in [0.5, 0.6) is 0 Å². The van der Waals surface area contributed by atoms with Gasteiger partial charge in [0.25, 0.3) is 0 Å². The molecule has 0 saturated heterocycles. The Bertz CT molecular complexity index is 465. The van der Waals surface area contributed by atoms with Crippen molar-refractivity contribution >= 4 is 11.8 Å². The molecule has 1 rings (SSSR count). The molecule has 4 nitrogen and oxygen atoms in total. The van der Waals surface area contributed by atoms with E-state index in [0.717, 1.165) is 18.4 Å². The molecule has 0 heterocycles. The molecule has 1 aromatic carbocycles. The van der Waals surface area contributed by atoms with Crippen LogP contribution in [0.4, 0.5) is 0 Å². The summed E-state index contributed by atoms with van der Waals surface area (Å²) in [6.45, 7) is 9.66. The molecule has 0 N–H and O–H groups in total. The quantitative estimate of drug-likeness (QED) is 0.726. The lowest BCUT2D eigenvalue weighted by Gasteiger charge is -2.29. The first-order valence-electron chi connectivity index (χ1n) is 8.15. The van der Waals surface area contributed by atoms with Gasteiger partial charge in [0, 0.05) is 25.7 Å². The first kappa shape index (κ1) is 18.2. The molecule has 0 radical (unpaired) electrons. The number of hydrogen-bond acceptors (Lipinski definition) is 2. The largest absolute Gasteiger partial charge is 0.334 e. The van der Waals surface area contributed by atoms with Crippen LogP contribution >= 0.6 is 0 Å². The Morgan fingerprint density at radius 3 is 1.95 bits per heavy atom. The fraction of sp³-hybridized carbons (Fsp3) is 0.556. The molecule has 0 atom stereocenters. The molecule has 22 heavy (non-hydrogen) atoms. The summed E-state index contributed by atoms with van der Waals surface area (Å²) in [6, 6.07) is 9.77. The summed E-state index contributed by atoms with van der Waals surface area (Å²) in [5, 5.41) is 0. The Labute approximate surface area is 134 Å². The fourth-order valence-electron chi connectivity index (χ4n) is 2.38. The number of carbonyl (C=O) groups is 2. The van der Waals surface area contributed by atoms with Crippen LogP contribution in [-0.2, 0) is 16.1 Å². The Morgan fingerprint density at radius 1 is 0.955 bits per heavy atom. The third-order valence-corrected chi connectivity index (χ3v) is 3.54. The van der Waals surface area contributed by atoms with Crippen LogP contribution in [0.15, 0.2) is 30.3 Å². The maximum atomic E-state index is 12.6. The van der Waals surface area contributed by atoms with E-state index in [9.17, 15) is 9.59 Å². The number of rotatable bonds is 7. The topological polar surface area (TPSA) is 40.6 Å². The zero-order valence-corrected chi connectivity index (χ0v) is 14.2. The molecular formula is C18H28N2O2. The molecule has 0 bridgehead atoms. The lowest BCUT2D eigenvalue weighted by atomic mass is 10.2. The predicted octanol–water partition coefficient (Wildman–Crippen LogP) is 3.07. The standard InChI is InChI=1S/C18H28N2O2/c1-5-12-19(13-6-2)17(21)18(22)20(15(3)4)14-16-10-8-7-9-11-16/h7-11,15H,5-6,12-14H2,1-4H3. The maximum Gasteiger partial charge on any atom is 0.312 e. The SMILES string of the molecule is CCCN(CCC)C(=O)C(=O)N(Cc1ccccc1)C(C)C. The molecule has 0 unspecified atom stereocenters. The summed E-state index contributed by atoms with van der Waals surface area (Å²) in [5.41, 5.74) is 1.04. The summed E-state index contributed by atoms with van der Waals surface area (Å²) in [6.07, 6.45) is 1.72. The van der Waals surface area contributed by atoms with E-state index in [0.29, 0.717) is 19.6 Å². The van der Waals surface area contributed by atoms with Crippen molar-refractivity contribution in [2.24, 2.45) is 0 Å². The van der Waals surface area contributed by atoms with Crippen LogP contribution in [0, 0.1) is 0 Å². The first-order valence-corrected chi connectivity index (χ1v) is 8.15. The van der Waals surface area contributed by atoms with Crippen molar-refractivity contribution in [3.63, 3.8) is 0 Å². The normalized spacial score (nSPS) is 10.6. The van der Waals surface area contributed by atoms with Crippen LogP contribution in [0.3, 0.4) is 0 Å². The number of nitrogens with zero attached hydrogens (tertiary/aromatic N) is 2. The fourth-order valence-corrected chi connectivity index (χ4v) is 2.38. The summed E-state index contributed by atoms with van der Waals surface area (Å²) < 4.78 is 0. The summed E-state index contributed by atoms with van der Waals surface area (Å²) in [7, 11) is 0. The molecule has 0 spiro atoms. The molecular weight excluding hydrogens is 276 g/mol. The van der Waals surface area contributed by atoms with Crippen molar-refractivity contribution < 1.29 is 9.59 Å². The molecule has 122 valence electrons. The zero-order chi connectivity index (χ0) is 16.5. The monoisotopic (exact) mass is 304 g/mol. The molecule has 0 aliphatic heterocycles. The van der Waals surface area contributed by atoms with Crippen LogP contribution < -0.4 is 0 Å². The van der Waals surface area contributed by atoms with Crippen LogP contribution in [0.25, 0.3) is 0 Å². The van der Waals surface area contributed by atoms with E-state index in [1.54, 1.807) is 9.80 Å². The van der Waals surface area contributed by atoms with E-state index < -0.39 is 5.91 Å². The van der Waals surface area contributed by atoms with Gasteiger partial charge in [-0.1, -0.05) is 44.2 Å².